The molecule has 2 aromatic carbocycles. The number of carbonyl (C=O) groups is 2. The molecule has 2 aromatic rings. The lowest BCUT2D eigenvalue weighted by molar-refractivity contribution is -0.118. The molecule has 5 heteroatoms. The van der Waals surface area contributed by atoms with Gasteiger partial charge in [0.15, 0.2) is 6.61 Å². The maximum absolute atomic E-state index is 12.2. The highest BCUT2D eigenvalue weighted by atomic mass is 16.5. The van der Waals surface area contributed by atoms with E-state index in [0.29, 0.717) is 17.9 Å². The van der Waals surface area contributed by atoms with Crippen molar-refractivity contribution in [2.75, 3.05) is 23.4 Å². The number of anilines is 2. The second kappa shape index (κ2) is 7.60. The maximum Gasteiger partial charge on any atom is 0.262 e. The van der Waals surface area contributed by atoms with Gasteiger partial charge in [-0.25, -0.2) is 0 Å². The van der Waals surface area contributed by atoms with Crippen LogP contribution in [0.3, 0.4) is 0 Å². The van der Waals surface area contributed by atoms with Crippen LogP contribution in [-0.4, -0.2) is 25.0 Å². The van der Waals surface area contributed by atoms with Gasteiger partial charge in [0.2, 0.25) is 5.91 Å². The first-order valence-electron chi connectivity index (χ1n) is 8.84. The Balaban J connectivity index is 1.60. The number of hydrogen-bond acceptors (Lipinski definition) is 3. The minimum absolute atomic E-state index is 0.0473. The first kappa shape index (κ1) is 18.0. The van der Waals surface area contributed by atoms with Crippen LogP contribution in [0.15, 0.2) is 36.4 Å². The molecule has 1 aliphatic rings. The molecule has 1 aliphatic heterocycles. The molecule has 0 bridgehead atoms. The summed E-state index contributed by atoms with van der Waals surface area (Å²) in [6.07, 6.45) is 1.50. The van der Waals surface area contributed by atoms with Crippen molar-refractivity contribution in [1.29, 1.82) is 0 Å². The molecule has 0 radical (unpaired) electrons. The average Bonchev–Trinajstić information content (AvgIpc) is 2.98. The summed E-state index contributed by atoms with van der Waals surface area (Å²) in [4.78, 5) is 25.9. The van der Waals surface area contributed by atoms with E-state index in [-0.39, 0.29) is 18.4 Å². The lowest BCUT2D eigenvalue weighted by atomic mass is 10.1. The van der Waals surface area contributed by atoms with E-state index >= 15 is 0 Å². The normalized spacial score (nSPS) is 13.8. The molecule has 0 unspecified atom stereocenters. The highest BCUT2D eigenvalue weighted by Crippen LogP contribution is 2.27. The molecule has 0 saturated carbocycles. The van der Waals surface area contributed by atoms with Crippen LogP contribution in [0.25, 0.3) is 0 Å². The average molecular weight is 352 g/mol. The third kappa shape index (κ3) is 4.23. The zero-order valence-corrected chi connectivity index (χ0v) is 15.5. The molecule has 1 saturated heterocycles. The minimum atomic E-state index is -0.214. The van der Waals surface area contributed by atoms with Crippen LogP contribution < -0.4 is 15.0 Å². The first-order chi connectivity index (χ1) is 12.4. The van der Waals surface area contributed by atoms with Crippen LogP contribution in [0.4, 0.5) is 11.4 Å². The van der Waals surface area contributed by atoms with Crippen molar-refractivity contribution in [3.8, 4) is 5.75 Å². The molecule has 1 heterocycles. The van der Waals surface area contributed by atoms with E-state index in [0.717, 1.165) is 35.3 Å². The van der Waals surface area contributed by atoms with Gasteiger partial charge in [0.25, 0.3) is 5.91 Å². The van der Waals surface area contributed by atoms with E-state index < -0.39 is 0 Å². The Labute approximate surface area is 154 Å². The molecule has 1 N–H and O–H groups in total. The highest BCUT2D eigenvalue weighted by Gasteiger charge is 2.23. The monoisotopic (exact) mass is 352 g/mol. The van der Waals surface area contributed by atoms with Gasteiger partial charge >= 0.3 is 0 Å². The zero-order valence-electron chi connectivity index (χ0n) is 15.5. The number of nitrogens with one attached hydrogen (secondary N) is 1. The van der Waals surface area contributed by atoms with Crippen molar-refractivity contribution in [2.45, 2.75) is 33.6 Å². The quantitative estimate of drug-likeness (QED) is 0.891. The molecule has 3 rings (SSSR count). The number of carbonyl (C=O) groups excluding carboxylic acids is 2. The number of hydrogen-bond donors (Lipinski definition) is 1. The first-order valence-corrected chi connectivity index (χ1v) is 8.84. The number of benzene rings is 2. The number of amides is 2. The minimum Gasteiger partial charge on any atom is -0.484 e. The van der Waals surface area contributed by atoms with E-state index in [2.05, 4.69) is 11.4 Å². The molecule has 2 amide bonds. The van der Waals surface area contributed by atoms with Crippen LogP contribution in [0.2, 0.25) is 0 Å². The van der Waals surface area contributed by atoms with Gasteiger partial charge in [0, 0.05) is 24.3 Å². The summed E-state index contributed by atoms with van der Waals surface area (Å²) in [5, 5.41) is 2.84. The molecular weight excluding hydrogens is 328 g/mol. The molecule has 5 nitrogen and oxygen atoms in total. The molecule has 0 spiro atoms. The molecule has 1 fully saturated rings. The third-order valence-electron chi connectivity index (χ3n) is 4.41. The Kier molecular flexibility index (Phi) is 5.26. The van der Waals surface area contributed by atoms with E-state index in [1.165, 1.54) is 0 Å². The second-order valence-electron chi connectivity index (χ2n) is 6.81. The lowest BCUT2D eigenvalue weighted by Crippen LogP contribution is -2.24. The predicted molar refractivity (Wildman–Crippen MR) is 103 cm³/mol. The number of aryl methyl sites for hydroxylation is 3. The molecule has 0 aliphatic carbocycles. The van der Waals surface area contributed by atoms with E-state index in [1.54, 1.807) is 0 Å². The summed E-state index contributed by atoms with van der Waals surface area (Å²) in [6, 6.07) is 11.5. The fourth-order valence-corrected chi connectivity index (χ4v) is 3.30. The second-order valence-corrected chi connectivity index (χ2v) is 6.81. The maximum atomic E-state index is 12.2. The largest absolute Gasteiger partial charge is 0.484 e. The zero-order chi connectivity index (χ0) is 18.7. The van der Waals surface area contributed by atoms with Crippen molar-refractivity contribution in [3.63, 3.8) is 0 Å². The van der Waals surface area contributed by atoms with Gasteiger partial charge in [-0.1, -0.05) is 6.07 Å². The van der Waals surface area contributed by atoms with Gasteiger partial charge < -0.3 is 15.0 Å². The van der Waals surface area contributed by atoms with Crippen molar-refractivity contribution in [2.24, 2.45) is 0 Å². The summed E-state index contributed by atoms with van der Waals surface area (Å²) in [5.41, 5.74) is 4.78. The fraction of sp³-hybridized carbons (Fsp3) is 0.333. The Bertz CT molecular complexity index is 825. The molecule has 136 valence electrons. The van der Waals surface area contributed by atoms with Crippen LogP contribution in [0.5, 0.6) is 5.75 Å². The molecule has 0 aromatic heterocycles. The Morgan fingerprint density at radius 1 is 1.12 bits per heavy atom. The third-order valence-corrected chi connectivity index (χ3v) is 4.41. The van der Waals surface area contributed by atoms with Crippen LogP contribution in [0, 0.1) is 20.8 Å². The van der Waals surface area contributed by atoms with Gasteiger partial charge in [-0.15, -0.1) is 0 Å². The summed E-state index contributed by atoms with van der Waals surface area (Å²) in [7, 11) is 0. The van der Waals surface area contributed by atoms with Crippen LogP contribution in [-0.2, 0) is 9.59 Å². The summed E-state index contributed by atoms with van der Waals surface area (Å²) >= 11 is 0. The Hall–Kier alpha value is -2.82. The van der Waals surface area contributed by atoms with Gasteiger partial charge in [0.05, 0.1) is 0 Å². The Morgan fingerprint density at radius 3 is 2.46 bits per heavy atom. The topological polar surface area (TPSA) is 58.6 Å². The number of ether oxygens (including phenoxy) is 1. The summed E-state index contributed by atoms with van der Waals surface area (Å²) < 4.78 is 5.59. The van der Waals surface area contributed by atoms with Crippen molar-refractivity contribution >= 4 is 23.2 Å². The predicted octanol–water partition coefficient (Wildman–Crippen LogP) is 3.76. The molecule has 26 heavy (non-hydrogen) atoms. The van der Waals surface area contributed by atoms with Gasteiger partial charge in [0.1, 0.15) is 5.75 Å². The van der Waals surface area contributed by atoms with Crippen LogP contribution in [0.1, 0.15) is 29.5 Å². The van der Waals surface area contributed by atoms with Gasteiger partial charge in [-0.2, -0.15) is 0 Å². The lowest BCUT2D eigenvalue weighted by Gasteiger charge is -2.19. The Morgan fingerprint density at radius 2 is 1.85 bits per heavy atom. The fourth-order valence-electron chi connectivity index (χ4n) is 3.30. The number of nitrogens with zero attached hydrogens (tertiary/aromatic N) is 1. The van der Waals surface area contributed by atoms with Crippen molar-refractivity contribution < 1.29 is 14.3 Å². The van der Waals surface area contributed by atoms with E-state index in [1.807, 2.05) is 56.0 Å². The SMILES string of the molecule is Cc1cc(C)cc(OCC(=O)Nc2ccc(N3CCCC3=O)c(C)c2)c1. The molecule has 0 atom stereocenters. The van der Waals surface area contributed by atoms with E-state index in [9.17, 15) is 9.59 Å². The standard InChI is InChI=1S/C21H24N2O3/c1-14-9-15(2)11-18(10-14)26-13-20(24)22-17-6-7-19(16(3)12-17)23-8-4-5-21(23)25/h6-7,9-12H,4-5,8,13H2,1-3H3,(H,22,24). The summed E-state index contributed by atoms with van der Waals surface area (Å²) in [6.45, 7) is 6.65. The van der Waals surface area contributed by atoms with Crippen LogP contribution >= 0.6 is 0 Å². The van der Waals surface area contributed by atoms with Crippen molar-refractivity contribution in [3.05, 3.63) is 53.1 Å². The molecular formula is C21H24N2O3. The highest BCUT2D eigenvalue weighted by molar-refractivity contribution is 5.97. The van der Waals surface area contributed by atoms with Gasteiger partial charge in [-0.05, 0) is 74.2 Å². The van der Waals surface area contributed by atoms with Crippen molar-refractivity contribution in [1.82, 2.24) is 0 Å². The smallest absolute Gasteiger partial charge is 0.262 e. The van der Waals surface area contributed by atoms with E-state index in [4.69, 9.17) is 4.74 Å². The summed E-state index contributed by atoms with van der Waals surface area (Å²) in [5.74, 6) is 0.636. The van der Waals surface area contributed by atoms with Gasteiger partial charge in [-0.3, -0.25) is 9.59 Å². The number of rotatable bonds is 5.